The molecule has 3 rings (SSSR count). The average Bonchev–Trinajstić information content (AvgIpc) is 2.50. The van der Waals surface area contributed by atoms with Crippen molar-refractivity contribution in [1.29, 1.82) is 0 Å². The van der Waals surface area contributed by atoms with Crippen molar-refractivity contribution >= 4 is 61.7 Å². The summed E-state index contributed by atoms with van der Waals surface area (Å²) >= 11 is 15.3. The van der Waals surface area contributed by atoms with Gasteiger partial charge in [-0.2, -0.15) is 0 Å². The Balaban J connectivity index is 2.04. The molecule has 0 aliphatic rings. The van der Waals surface area contributed by atoms with Crippen molar-refractivity contribution < 1.29 is 9.21 Å². The van der Waals surface area contributed by atoms with Gasteiger partial charge in [-0.1, -0.05) is 45.2 Å². The van der Waals surface area contributed by atoms with E-state index in [1.165, 1.54) is 6.07 Å². The molecule has 1 aromatic heterocycles. The maximum absolute atomic E-state index is 12.4. The second-order valence-corrected chi connectivity index (χ2v) is 6.41. The highest BCUT2D eigenvalue weighted by molar-refractivity contribution is 9.10. The minimum absolute atomic E-state index is 0.133. The zero-order valence-electron chi connectivity index (χ0n) is 11.4. The summed E-state index contributed by atoms with van der Waals surface area (Å²) in [4.78, 5) is 24.4. The summed E-state index contributed by atoms with van der Waals surface area (Å²) in [7, 11) is 0. The van der Waals surface area contributed by atoms with Crippen LogP contribution in [0.2, 0.25) is 10.0 Å². The summed E-state index contributed by atoms with van der Waals surface area (Å²) in [6.45, 7) is 0. The predicted octanol–water partition coefficient (Wildman–Crippen LogP) is 5.11. The Labute approximate surface area is 149 Å². The first-order valence-electron chi connectivity index (χ1n) is 6.44. The third-order valence-electron chi connectivity index (χ3n) is 3.14. The van der Waals surface area contributed by atoms with Crippen molar-refractivity contribution in [3.63, 3.8) is 0 Å². The number of amides is 1. The lowest BCUT2D eigenvalue weighted by molar-refractivity contribution is 0.102. The number of benzene rings is 2. The van der Waals surface area contributed by atoms with Crippen LogP contribution in [-0.2, 0) is 0 Å². The number of carbonyl (C=O) groups excluding carboxylic acids is 1. The molecule has 0 fully saturated rings. The predicted molar refractivity (Wildman–Crippen MR) is 94.6 cm³/mol. The van der Waals surface area contributed by atoms with E-state index in [0.717, 1.165) is 4.47 Å². The Hall–Kier alpha value is -1.82. The maximum Gasteiger partial charge on any atom is 0.349 e. The van der Waals surface area contributed by atoms with Crippen LogP contribution in [0.3, 0.4) is 0 Å². The summed E-state index contributed by atoms with van der Waals surface area (Å²) in [5, 5.41) is 3.71. The Morgan fingerprint density at radius 2 is 1.78 bits per heavy atom. The summed E-state index contributed by atoms with van der Waals surface area (Å²) < 4.78 is 5.97. The molecule has 7 heteroatoms. The van der Waals surface area contributed by atoms with Gasteiger partial charge >= 0.3 is 5.63 Å². The third-order valence-corrected chi connectivity index (χ3v) is 4.26. The van der Waals surface area contributed by atoms with E-state index in [2.05, 4.69) is 21.2 Å². The van der Waals surface area contributed by atoms with E-state index in [4.69, 9.17) is 27.6 Å². The van der Waals surface area contributed by atoms with Gasteiger partial charge in [0.05, 0.1) is 15.7 Å². The fraction of sp³-hybridized carbons (Fsp3) is 0. The fourth-order valence-electron chi connectivity index (χ4n) is 2.05. The van der Waals surface area contributed by atoms with Crippen LogP contribution in [-0.4, -0.2) is 5.91 Å². The SMILES string of the molecule is O=C(Nc1c(Cl)cccc1Cl)c1cc2cc(Br)ccc2oc1=O. The lowest BCUT2D eigenvalue weighted by atomic mass is 10.1. The van der Waals surface area contributed by atoms with Crippen molar-refractivity contribution in [3.8, 4) is 0 Å². The first-order chi connectivity index (χ1) is 11.0. The number of fused-ring (bicyclic) bond motifs is 1. The molecule has 1 amide bonds. The minimum Gasteiger partial charge on any atom is -0.422 e. The number of para-hydroxylation sites is 1. The highest BCUT2D eigenvalue weighted by atomic mass is 79.9. The van der Waals surface area contributed by atoms with Crippen molar-refractivity contribution in [3.05, 3.63) is 73.0 Å². The van der Waals surface area contributed by atoms with Gasteiger partial charge in [-0.25, -0.2) is 4.79 Å². The first-order valence-corrected chi connectivity index (χ1v) is 7.99. The van der Waals surface area contributed by atoms with Crippen molar-refractivity contribution in [2.45, 2.75) is 0 Å². The zero-order valence-corrected chi connectivity index (χ0v) is 14.5. The molecule has 0 radical (unpaired) electrons. The molecule has 23 heavy (non-hydrogen) atoms. The van der Waals surface area contributed by atoms with E-state index in [1.807, 2.05) is 0 Å². The molecule has 0 saturated heterocycles. The largest absolute Gasteiger partial charge is 0.422 e. The normalized spacial score (nSPS) is 10.7. The maximum atomic E-state index is 12.4. The quantitative estimate of drug-likeness (QED) is 0.594. The number of carbonyl (C=O) groups is 1. The molecule has 3 aromatic rings. The molecule has 1 heterocycles. The first kappa shape index (κ1) is 16.1. The van der Waals surface area contributed by atoms with E-state index in [1.54, 1.807) is 36.4 Å². The Bertz CT molecular complexity index is 964. The Kier molecular flexibility index (Phi) is 4.43. The number of hydrogen-bond donors (Lipinski definition) is 1. The van der Waals surface area contributed by atoms with Crippen LogP contribution in [0.1, 0.15) is 10.4 Å². The third kappa shape index (κ3) is 3.27. The van der Waals surface area contributed by atoms with E-state index in [0.29, 0.717) is 11.0 Å². The summed E-state index contributed by atoms with van der Waals surface area (Å²) in [6.07, 6.45) is 0. The second kappa shape index (κ2) is 6.35. The molecule has 4 nitrogen and oxygen atoms in total. The summed E-state index contributed by atoms with van der Waals surface area (Å²) in [5.41, 5.74) is -0.229. The Morgan fingerprint density at radius 1 is 1.09 bits per heavy atom. The molecule has 0 spiro atoms. The monoisotopic (exact) mass is 411 g/mol. The van der Waals surface area contributed by atoms with Gasteiger partial charge in [0.25, 0.3) is 5.91 Å². The molecule has 1 N–H and O–H groups in total. The lowest BCUT2D eigenvalue weighted by Gasteiger charge is -2.09. The Morgan fingerprint density at radius 3 is 2.48 bits per heavy atom. The van der Waals surface area contributed by atoms with E-state index in [9.17, 15) is 9.59 Å². The van der Waals surface area contributed by atoms with Crippen molar-refractivity contribution in [2.75, 3.05) is 5.32 Å². The number of anilines is 1. The molecule has 0 atom stereocenters. The molecule has 116 valence electrons. The molecule has 0 bridgehead atoms. The van der Waals surface area contributed by atoms with Crippen LogP contribution in [0, 0.1) is 0 Å². The van der Waals surface area contributed by atoms with Crippen molar-refractivity contribution in [1.82, 2.24) is 0 Å². The molecule has 2 aromatic carbocycles. The van der Waals surface area contributed by atoms with Gasteiger partial charge in [0.15, 0.2) is 0 Å². The molecular weight excluding hydrogens is 405 g/mol. The lowest BCUT2D eigenvalue weighted by Crippen LogP contribution is -2.21. The zero-order chi connectivity index (χ0) is 16.6. The van der Waals surface area contributed by atoms with Gasteiger partial charge in [-0.15, -0.1) is 0 Å². The van der Waals surface area contributed by atoms with Gasteiger partial charge in [0.1, 0.15) is 11.1 Å². The van der Waals surface area contributed by atoms with Crippen LogP contribution in [0.15, 0.2) is 56.1 Å². The number of nitrogens with one attached hydrogen (secondary N) is 1. The van der Waals surface area contributed by atoms with Gasteiger partial charge in [0.2, 0.25) is 0 Å². The standard InChI is InChI=1S/C16H8BrCl2NO3/c17-9-4-5-13-8(6-9)7-10(16(22)23-13)15(21)20-14-11(18)2-1-3-12(14)19/h1-7H,(H,20,21). The molecule has 0 aliphatic heterocycles. The topological polar surface area (TPSA) is 59.3 Å². The van der Waals surface area contributed by atoms with Crippen LogP contribution < -0.4 is 10.9 Å². The van der Waals surface area contributed by atoms with Crippen LogP contribution >= 0.6 is 39.1 Å². The molecule has 0 saturated carbocycles. The average molecular weight is 413 g/mol. The number of hydrogen-bond acceptors (Lipinski definition) is 3. The highest BCUT2D eigenvalue weighted by Gasteiger charge is 2.16. The summed E-state index contributed by atoms with van der Waals surface area (Å²) in [6, 6.07) is 11.4. The molecule has 0 unspecified atom stereocenters. The molecular formula is C16H8BrCl2NO3. The van der Waals surface area contributed by atoms with Crippen LogP contribution in [0.4, 0.5) is 5.69 Å². The summed E-state index contributed by atoms with van der Waals surface area (Å²) in [5.74, 6) is -0.643. The fourth-order valence-corrected chi connectivity index (χ4v) is 2.92. The minimum atomic E-state index is -0.736. The second-order valence-electron chi connectivity index (χ2n) is 4.68. The highest BCUT2D eigenvalue weighted by Crippen LogP contribution is 2.30. The van der Waals surface area contributed by atoms with Crippen LogP contribution in [0.5, 0.6) is 0 Å². The van der Waals surface area contributed by atoms with Gasteiger partial charge in [-0.05, 0) is 36.4 Å². The van der Waals surface area contributed by atoms with E-state index in [-0.39, 0.29) is 21.3 Å². The van der Waals surface area contributed by atoms with Gasteiger partial charge in [-0.3, -0.25) is 4.79 Å². The molecule has 0 aliphatic carbocycles. The number of halogens is 3. The van der Waals surface area contributed by atoms with Gasteiger partial charge in [0, 0.05) is 9.86 Å². The van der Waals surface area contributed by atoms with E-state index >= 15 is 0 Å². The van der Waals surface area contributed by atoms with Crippen molar-refractivity contribution in [2.24, 2.45) is 0 Å². The van der Waals surface area contributed by atoms with Gasteiger partial charge < -0.3 is 9.73 Å². The smallest absolute Gasteiger partial charge is 0.349 e. The number of rotatable bonds is 2. The van der Waals surface area contributed by atoms with E-state index < -0.39 is 11.5 Å². The van der Waals surface area contributed by atoms with Crippen LogP contribution in [0.25, 0.3) is 11.0 Å².